The van der Waals surface area contributed by atoms with Crippen molar-refractivity contribution in [3.8, 4) is 0 Å². The smallest absolute Gasteiger partial charge is 0.253 e. The average molecular weight is 339 g/mol. The number of anilines is 1. The summed E-state index contributed by atoms with van der Waals surface area (Å²) in [7, 11) is 0. The van der Waals surface area contributed by atoms with Crippen molar-refractivity contribution < 1.29 is 4.79 Å². The third-order valence-corrected chi connectivity index (χ3v) is 4.67. The van der Waals surface area contributed by atoms with Gasteiger partial charge in [0.2, 0.25) is 0 Å². The Morgan fingerprint density at radius 3 is 2.64 bits per heavy atom. The molecule has 1 amide bonds. The summed E-state index contributed by atoms with van der Waals surface area (Å²) in [5.41, 5.74) is 1.43. The number of aryl methyl sites for hydroxylation is 1. The van der Waals surface area contributed by atoms with Crippen LogP contribution in [0.15, 0.2) is 30.6 Å². The molecule has 0 bridgehead atoms. The Morgan fingerprint density at radius 1 is 1.24 bits per heavy atom. The number of hydrogen-bond acceptors (Lipinski definition) is 5. The van der Waals surface area contributed by atoms with Gasteiger partial charge in [-0.3, -0.25) is 4.79 Å². The minimum atomic E-state index is -0.254. The van der Waals surface area contributed by atoms with E-state index in [1.165, 1.54) is 12.8 Å². The number of aromatic nitrogens is 3. The highest BCUT2D eigenvalue weighted by atomic mass is 16.1. The average Bonchev–Trinajstić information content (AvgIpc) is 2.62. The molecule has 6 nitrogen and oxygen atoms in total. The van der Waals surface area contributed by atoms with E-state index in [-0.39, 0.29) is 11.9 Å². The lowest BCUT2D eigenvalue weighted by Crippen LogP contribution is -2.33. The predicted molar refractivity (Wildman–Crippen MR) is 97.5 cm³/mol. The second-order valence-corrected chi connectivity index (χ2v) is 6.83. The van der Waals surface area contributed by atoms with Gasteiger partial charge in [0.15, 0.2) is 0 Å². The molecule has 1 aliphatic heterocycles. The summed E-state index contributed by atoms with van der Waals surface area (Å²) >= 11 is 0. The van der Waals surface area contributed by atoms with Crippen molar-refractivity contribution in [2.75, 3.05) is 18.0 Å². The van der Waals surface area contributed by atoms with Crippen LogP contribution in [0.1, 0.15) is 54.6 Å². The molecule has 25 heavy (non-hydrogen) atoms. The van der Waals surface area contributed by atoms with Crippen LogP contribution < -0.4 is 10.2 Å². The Hall–Kier alpha value is -2.50. The first-order valence-electron chi connectivity index (χ1n) is 8.84. The number of pyridine rings is 1. The summed E-state index contributed by atoms with van der Waals surface area (Å²) < 4.78 is 0. The van der Waals surface area contributed by atoms with E-state index in [1.807, 2.05) is 32.0 Å². The number of carbonyl (C=O) groups excluding carboxylic acids is 1. The molecule has 1 N–H and O–H groups in total. The molecule has 0 aliphatic carbocycles. The van der Waals surface area contributed by atoms with Crippen LogP contribution in [0.3, 0.4) is 0 Å². The number of nitrogens with zero attached hydrogens (tertiary/aromatic N) is 4. The number of piperidine rings is 1. The zero-order chi connectivity index (χ0) is 17.8. The van der Waals surface area contributed by atoms with E-state index < -0.39 is 0 Å². The summed E-state index contributed by atoms with van der Waals surface area (Å²) in [6.45, 7) is 8.13. The molecule has 0 radical (unpaired) electrons. The standard InChI is InChI=1S/C19H25N5O/c1-13-7-10-24(11-8-13)17-5-4-16(12-21-17)19(25)23-15(3)18-20-9-6-14(2)22-18/h4-6,9,12-13,15H,7-8,10-11H2,1-3H3,(H,23,25). The molecule has 3 rings (SSSR count). The van der Waals surface area contributed by atoms with Crippen LogP contribution in [0, 0.1) is 12.8 Å². The van der Waals surface area contributed by atoms with Crippen molar-refractivity contribution >= 4 is 11.7 Å². The van der Waals surface area contributed by atoms with Crippen molar-refractivity contribution in [3.05, 3.63) is 47.7 Å². The zero-order valence-electron chi connectivity index (χ0n) is 15.1. The quantitative estimate of drug-likeness (QED) is 0.927. The fraction of sp³-hybridized carbons (Fsp3) is 0.474. The lowest BCUT2D eigenvalue weighted by Gasteiger charge is -2.31. The van der Waals surface area contributed by atoms with E-state index in [9.17, 15) is 4.79 Å². The van der Waals surface area contributed by atoms with Gasteiger partial charge in [0.25, 0.3) is 5.91 Å². The fourth-order valence-electron chi connectivity index (χ4n) is 2.97. The van der Waals surface area contributed by atoms with Gasteiger partial charge >= 0.3 is 0 Å². The Kier molecular flexibility index (Phi) is 5.26. The monoisotopic (exact) mass is 339 g/mol. The van der Waals surface area contributed by atoms with Crippen LogP contribution in [0.2, 0.25) is 0 Å². The molecule has 3 heterocycles. The lowest BCUT2D eigenvalue weighted by atomic mass is 9.99. The molecular formula is C19H25N5O. The summed E-state index contributed by atoms with van der Waals surface area (Å²) in [5, 5.41) is 2.93. The fourth-order valence-corrected chi connectivity index (χ4v) is 2.97. The summed E-state index contributed by atoms with van der Waals surface area (Å²) in [5.74, 6) is 2.18. The molecule has 6 heteroatoms. The number of carbonyl (C=O) groups is 1. The lowest BCUT2D eigenvalue weighted by molar-refractivity contribution is 0.0938. The maximum atomic E-state index is 12.4. The van der Waals surface area contributed by atoms with Crippen LogP contribution >= 0.6 is 0 Å². The van der Waals surface area contributed by atoms with Gasteiger partial charge in [0.05, 0.1) is 11.6 Å². The van der Waals surface area contributed by atoms with Crippen molar-refractivity contribution in [2.24, 2.45) is 5.92 Å². The first-order valence-corrected chi connectivity index (χ1v) is 8.84. The minimum Gasteiger partial charge on any atom is -0.357 e. The number of amides is 1. The molecule has 1 fully saturated rings. The van der Waals surface area contributed by atoms with Crippen molar-refractivity contribution in [2.45, 2.75) is 39.7 Å². The van der Waals surface area contributed by atoms with Gasteiger partial charge in [-0.05, 0) is 50.8 Å². The van der Waals surface area contributed by atoms with Crippen molar-refractivity contribution in [1.82, 2.24) is 20.3 Å². The van der Waals surface area contributed by atoms with Gasteiger partial charge in [-0.2, -0.15) is 0 Å². The molecule has 132 valence electrons. The molecule has 2 aromatic heterocycles. The normalized spacial score (nSPS) is 16.5. The van der Waals surface area contributed by atoms with E-state index in [0.717, 1.165) is 30.5 Å². The molecule has 1 unspecified atom stereocenters. The third-order valence-electron chi connectivity index (χ3n) is 4.67. The molecule has 0 aromatic carbocycles. The van der Waals surface area contributed by atoms with Crippen LogP contribution in [-0.4, -0.2) is 33.9 Å². The highest BCUT2D eigenvalue weighted by Gasteiger charge is 2.18. The molecule has 1 atom stereocenters. The topological polar surface area (TPSA) is 71.0 Å². The Labute approximate surface area is 148 Å². The number of nitrogens with one attached hydrogen (secondary N) is 1. The highest BCUT2D eigenvalue weighted by Crippen LogP contribution is 2.21. The van der Waals surface area contributed by atoms with Crippen molar-refractivity contribution in [1.29, 1.82) is 0 Å². The summed E-state index contributed by atoms with van der Waals surface area (Å²) in [4.78, 5) is 27.8. The molecule has 0 saturated carbocycles. The maximum absolute atomic E-state index is 12.4. The minimum absolute atomic E-state index is 0.163. The van der Waals surface area contributed by atoms with E-state index in [4.69, 9.17) is 0 Å². The zero-order valence-corrected chi connectivity index (χ0v) is 15.1. The van der Waals surface area contributed by atoms with E-state index in [2.05, 4.69) is 32.1 Å². The van der Waals surface area contributed by atoms with Crippen LogP contribution in [0.4, 0.5) is 5.82 Å². The summed E-state index contributed by atoms with van der Waals surface area (Å²) in [6, 6.07) is 5.34. The first kappa shape index (κ1) is 17.3. The first-order chi connectivity index (χ1) is 12.0. The molecule has 1 saturated heterocycles. The van der Waals surface area contributed by atoms with Gasteiger partial charge in [0.1, 0.15) is 11.6 Å². The van der Waals surface area contributed by atoms with E-state index in [0.29, 0.717) is 11.4 Å². The molecule has 2 aromatic rings. The van der Waals surface area contributed by atoms with Gasteiger partial charge in [-0.25, -0.2) is 15.0 Å². The van der Waals surface area contributed by atoms with Crippen LogP contribution in [0.5, 0.6) is 0 Å². The second kappa shape index (κ2) is 7.59. The number of hydrogen-bond donors (Lipinski definition) is 1. The largest absolute Gasteiger partial charge is 0.357 e. The summed E-state index contributed by atoms with van der Waals surface area (Å²) in [6.07, 6.45) is 5.73. The van der Waals surface area contributed by atoms with Gasteiger partial charge in [-0.15, -0.1) is 0 Å². The third kappa shape index (κ3) is 4.32. The molecule has 0 spiro atoms. The molecule has 1 aliphatic rings. The second-order valence-electron chi connectivity index (χ2n) is 6.83. The Bertz CT molecular complexity index is 723. The van der Waals surface area contributed by atoms with Gasteiger partial charge in [0, 0.05) is 31.2 Å². The van der Waals surface area contributed by atoms with Gasteiger partial charge in [-0.1, -0.05) is 6.92 Å². The molecular weight excluding hydrogens is 314 g/mol. The predicted octanol–water partition coefficient (Wildman–Crippen LogP) is 2.91. The SMILES string of the molecule is Cc1ccnc(C(C)NC(=O)c2ccc(N3CCC(C)CC3)nc2)n1. The number of rotatable bonds is 4. The van der Waals surface area contributed by atoms with E-state index in [1.54, 1.807) is 12.4 Å². The maximum Gasteiger partial charge on any atom is 0.253 e. The van der Waals surface area contributed by atoms with Crippen molar-refractivity contribution in [3.63, 3.8) is 0 Å². The Morgan fingerprint density at radius 2 is 2.00 bits per heavy atom. The van der Waals surface area contributed by atoms with Crippen LogP contribution in [-0.2, 0) is 0 Å². The van der Waals surface area contributed by atoms with Crippen LogP contribution in [0.25, 0.3) is 0 Å². The van der Waals surface area contributed by atoms with E-state index >= 15 is 0 Å². The van der Waals surface area contributed by atoms with Gasteiger partial charge < -0.3 is 10.2 Å². The highest BCUT2D eigenvalue weighted by molar-refractivity contribution is 5.94. The Balaban J connectivity index is 1.62.